The van der Waals surface area contributed by atoms with Crippen LogP contribution in [0.5, 0.6) is 0 Å². The van der Waals surface area contributed by atoms with E-state index in [4.69, 9.17) is 0 Å². The lowest BCUT2D eigenvalue weighted by molar-refractivity contribution is -0.132. The first-order chi connectivity index (χ1) is 12.9. The quantitative estimate of drug-likeness (QED) is 0.691. The Hall–Kier alpha value is -2.03. The van der Waals surface area contributed by atoms with Gasteiger partial charge in [0, 0.05) is 39.0 Å². The number of amides is 1. The summed E-state index contributed by atoms with van der Waals surface area (Å²) in [6.07, 6.45) is 0.336. The average molecular weight is 407 g/mol. The first-order valence-corrected chi connectivity index (χ1v) is 11.1. The third kappa shape index (κ3) is 4.63. The number of rotatable bonds is 6. The lowest BCUT2D eigenvalue weighted by atomic mass is 10.1. The molecule has 3 rings (SSSR count). The van der Waals surface area contributed by atoms with E-state index in [0.717, 1.165) is 5.56 Å². The number of thiophene rings is 1. The number of ketones is 1. The molecule has 8 heteroatoms. The molecule has 2 aromatic rings. The summed E-state index contributed by atoms with van der Waals surface area (Å²) in [5, 5.41) is 1.84. The van der Waals surface area contributed by atoms with E-state index in [1.165, 1.54) is 15.6 Å². The molecule has 1 aromatic heterocycles. The van der Waals surface area contributed by atoms with E-state index in [-0.39, 0.29) is 42.5 Å². The van der Waals surface area contributed by atoms with E-state index in [1.807, 2.05) is 18.4 Å². The summed E-state index contributed by atoms with van der Waals surface area (Å²) in [6, 6.07) is 10.3. The van der Waals surface area contributed by atoms with Crippen LogP contribution in [0.3, 0.4) is 0 Å². The summed E-state index contributed by atoms with van der Waals surface area (Å²) in [6.45, 7) is 3.12. The molecule has 0 saturated carbocycles. The summed E-state index contributed by atoms with van der Waals surface area (Å²) < 4.78 is 26.8. The number of Topliss-reactive ketones (excluding diaryl/α,β-unsaturated/α-hetero) is 1. The van der Waals surface area contributed by atoms with Gasteiger partial charge < -0.3 is 4.90 Å². The van der Waals surface area contributed by atoms with Crippen LogP contribution in [0.25, 0.3) is 0 Å². The molecular formula is C19H22N2O4S2. The van der Waals surface area contributed by atoms with Gasteiger partial charge in [0.1, 0.15) is 0 Å². The van der Waals surface area contributed by atoms with Crippen molar-refractivity contribution < 1.29 is 18.0 Å². The molecule has 0 N–H and O–H groups in total. The van der Waals surface area contributed by atoms with E-state index in [1.54, 1.807) is 35.2 Å². The van der Waals surface area contributed by atoms with Gasteiger partial charge in [-0.3, -0.25) is 9.59 Å². The molecule has 6 nitrogen and oxygen atoms in total. The maximum Gasteiger partial charge on any atom is 0.243 e. The number of nitrogens with zero attached hydrogens (tertiary/aromatic N) is 2. The van der Waals surface area contributed by atoms with Gasteiger partial charge in [-0.2, -0.15) is 4.31 Å². The minimum atomic E-state index is -3.54. The third-order valence-corrected chi connectivity index (χ3v) is 7.44. The van der Waals surface area contributed by atoms with Crippen LogP contribution in [0.1, 0.15) is 28.1 Å². The number of sulfonamides is 1. The van der Waals surface area contributed by atoms with Gasteiger partial charge in [-0.05, 0) is 30.5 Å². The van der Waals surface area contributed by atoms with Gasteiger partial charge >= 0.3 is 0 Å². The predicted molar refractivity (Wildman–Crippen MR) is 104 cm³/mol. The monoisotopic (exact) mass is 406 g/mol. The number of hydrogen-bond donors (Lipinski definition) is 0. The number of carbonyl (C=O) groups excluding carboxylic acids is 2. The molecule has 144 valence electrons. The van der Waals surface area contributed by atoms with Crippen molar-refractivity contribution in [2.24, 2.45) is 0 Å². The minimum Gasteiger partial charge on any atom is -0.340 e. The predicted octanol–water partition coefficient (Wildman–Crippen LogP) is 2.55. The Bertz CT molecular complexity index is 898. The molecule has 1 aromatic carbocycles. The van der Waals surface area contributed by atoms with Crippen LogP contribution in [0, 0.1) is 6.92 Å². The van der Waals surface area contributed by atoms with Crippen molar-refractivity contribution in [2.45, 2.75) is 24.7 Å². The molecule has 0 unspecified atom stereocenters. The highest BCUT2D eigenvalue weighted by Gasteiger charge is 2.30. The van der Waals surface area contributed by atoms with Crippen LogP contribution in [0.2, 0.25) is 0 Å². The number of piperazine rings is 1. The molecular weight excluding hydrogens is 384 g/mol. The number of aryl methyl sites for hydroxylation is 1. The van der Waals surface area contributed by atoms with Gasteiger partial charge in [0.2, 0.25) is 15.9 Å². The van der Waals surface area contributed by atoms with E-state index in [9.17, 15) is 18.0 Å². The van der Waals surface area contributed by atoms with Crippen LogP contribution in [0.4, 0.5) is 0 Å². The van der Waals surface area contributed by atoms with Gasteiger partial charge in [-0.25, -0.2) is 8.42 Å². The zero-order valence-electron chi connectivity index (χ0n) is 15.1. The molecule has 1 saturated heterocycles. The maximum absolute atomic E-state index is 12.7. The molecule has 0 radical (unpaired) electrons. The largest absolute Gasteiger partial charge is 0.340 e. The summed E-state index contributed by atoms with van der Waals surface area (Å²) in [4.78, 5) is 26.9. The van der Waals surface area contributed by atoms with Crippen molar-refractivity contribution in [1.82, 2.24) is 9.21 Å². The molecule has 1 fully saturated rings. The van der Waals surface area contributed by atoms with E-state index < -0.39 is 10.0 Å². The molecule has 0 spiro atoms. The van der Waals surface area contributed by atoms with Crippen LogP contribution in [-0.4, -0.2) is 55.5 Å². The van der Waals surface area contributed by atoms with Crippen LogP contribution < -0.4 is 0 Å². The fourth-order valence-electron chi connectivity index (χ4n) is 2.98. The fourth-order valence-corrected chi connectivity index (χ4v) is 5.09. The van der Waals surface area contributed by atoms with Gasteiger partial charge in [0.25, 0.3) is 0 Å². The summed E-state index contributed by atoms with van der Waals surface area (Å²) in [5.41, 5.74) is 1.00. The standard InChI is InChI=1S/C19H22N2O4S2/c1-15-4-6-16(7-5-15)27(24,25)21-12-10-20(11-13-21)19(23)9-8-17(22)18-3-2-14-26-18/h2-7,14H,8-13H2,1H3. The molecule has 1 amide bonds. The molecule has 27 heavy (non-hydrogen) atoms. The van der Waals surface area contributed by atoms with Crippen LogP contribution >= 0.6 is 11.3 Å². The Morgan fingerprint density at radius 1 is 1.00 bits per heavy atom. The Morgan fingerprint density at radius 3 is 2.26 bits per heavy atom. The molecule has 1 aliphatic rings. The second-order valence-electron chi connectivity index (χ2n) is 6.50. The topological polar surface area (TPSA) is 74.8 Å². The lowest BCUT2D eigenvalue weighted by Crippen LogP contribution is -2.50. The van der Waals surface area contributed by atoms with Crippen molar-refractivity contribution >= 4 is 33.1 Å². The average Bonchev–Trinajstić information content (AvgIpc) is 3.21. The number of hydrogen-bond acceptors (Lipinski definition) is 5. The smallest absolute Gasteiger partial charge is 0.243 e. The zero-order valence-corrected chi connectivity index (χ0v) is 16.8. The summed E-state index contributed by atoms with van der Waals surface area (Å²) in [7, 11) is -3.54. The van der Waals surface area contributed by atoms with Crippen molar-refractivity contribution in [3.8, 4) is 0 Å². The second-order valence-corrected chi connectivity index (χ2v) is 9.38. The van der Waals surface area contributed by atoms with Crippen molar-refractivity contribution in [2.75, 3.05) is 26.2 Å². The van der Waals surface area contributed by atoms with E-state index >= 15 is 0 Å². The van der Waals surface area contributed by atoms with Crippen molar-refractivity contribution in [3.63, 3.8) is 0 Å². The molecule has 0 aliphatic carbocycles. The minimum absolute atomic E-state index is 0.0288. The fraction of sp³-hybridized carbons (Fsp3) is 0.368. The highest BCUT2D eigenvalue weighted by molar-refractivity contribution is 7.89. The number of carbonyl (C=O) groups is 2. The Morgan fingerprint density at radius 2 is 1.67 bits per heavy atom. The second kappa shape index (κ2) is 8.33. The molecule has 2 heterocycles. The first-order valence-electron chi connectivity index (χ1n) is 8.79. The number of benzene rings is 1. The Labute approximate surface area is 163 Å². The zero-order chi connectivity index (χ0) is 19.4. The molecule has 1 aliphatic heterocycles. The van der Waals surface area contributed by atoms with Crippen LogP contribution in [-0.2, 0) is 14.8 Å². The normalized spacial score (nSPS) is 15.7. The summed E-state index contributed by atoms with van der Waals surface area (Å²) >= 11 is 1.37. The van der Waals surface area contributed by atoms with Gasteiger partial charge in [0.05, 0.1) is 9.77 Å². The molecule has 0 bridgehead atoms. The van der Waals surface area contributed by atoms with Gasteiger partial charge in [-0.15, -0.1) is 11.3 Å². The SMILES string of the molecule is Cc1ccc(S(=O)(=O)N2CCN(C(=O)CCC(=O)c3cccs3)CC2)cc1. The highest BCUT2D eigenvalue weighted by atomic mass is 32.2. The third-order valence-electron chi connectivity index (χ3n) is 4.61. The van der Waals surface area contributed by atoms with E-state index in [0.29, 0.717) is 18.0 Å². The first kappa shape index (κ1) is 19.7. The van der Waals surface area contributed by atoms with Crippen molar-refractivity contribution in [1.29, 1.82) is 0 Å². The lowest BCUT2D eigenvalue weighted by Gasteiger charge is -2.34. The Balaban J connectivity index is 1.53. The maximum atomic E-state index is 12.7. The van der Waals surface area contributed by atoms with Crippen LogP contribution in [0.15, 0.2) is 46.7 Å². The highest BCUT2D eigenvalue weighted by Crippen LogP contribution is 2.19. The van der Waals surface area contributed by atoms with Gasteiger partial charge in [-0.1, -0.05) is 23.8 Å². The molecule has 0 atom stereocenters. The van der Waals surface area contributed by atoms with Gasteiger partial charge in [0.15, 0.2) is 5.78 Å². The van der Waals surface area contributed by atoms with Crippen molar-refractivity contribution in [3.05, 3.63) is 52.2 Å². The summed E-state index contributed by atoms with van der Waals surface area (Å²) in [5.74, 6) is -0.133. The van der Waals surface area contributed by atoms with E-state index in [2.05, 4.69) is 0 Å². The Kier molecular flexibility index (Phi) is 6.08.